The number of nitrogens with one attached hydrogen (secondary N) is 1. The molecule has 20 heavy (non-hydrogen) atoms. The highest BCUT2D eigenvalue weighted by molar-refractivity contribution is 5.73. The van der Waals surface area contributed by atoms with E-state index in [0.717, 1.165) is 35.4 Å². The Hall–Kier alpha value is -2.35. The van der Waals surface area contributed by atoms with Gasteiger partial charge in [-0.15, -0.1) is 0 Å². The molecule has 1 nitrogen and oxygen atoms in total. The molecule has 102 valence electrons. The van der Waals surface area contributed by atoms with Crippen LogP contribution in [0.2, 0.25) is 0 Å². The van der Waals surface area contributed by atoms with Crippen LogP contribution in [0.25, 0.3) is 5.57 Å². The molecule has 0 bridgehead atoms. The second kappa shape index (κ2) is 6.71. The summed E-state index contributed by atoms with van der Waals surface area (Å²) in [5.74, 6) is -0.245. The molecule has 1 aliphatic carbocycles. The number of hydrogen-bond donors (Lipinski definition) is 1. The zero-order chi connectivity index (χ0) is 14.4. The molecule has 0 heterocycles. The molecule has 0 radical (unpaired) electrons. The lowest BCUT2D eigenvalue weighted by Gasteiger charge is -2.12. The van der Waals surface area contributed by atoms with E-state index >= 15 is 0 Å². The Morgan fingerprint density at radius 3 is 2.55 bits per heavy atom. The minimum atomic E-state index is -0.245. The molecule has 2 heteroatoms. The second-order valence-electron chi connectivity index (χ2n) is 4.60. The maximum absolute atomic E-state index is 12.9. The summed E-state index contributed by atoms with van der Waals surface area (Å²) in [7, 11) is 0. The van der Waals surface area contributed by atoms with Gasteiger partial charge in [0.15, 0.2) is 0 Å². The summed E-state index contributed by atoms with van der Waals surface area (Å²) in [6, 6.07) is 6.30. The summed E-state index contributed by atoms with van der Waals surface area (Å²) in [6.45, 7) is 7.82. The first-order valence-electron chi connectivity index (χ1n) is 6.62. The van der Waals surface area contributed by atoms with Crippen molar-refractivity contribution in [2.75, 3.05) is 0 Å². The molecule has 0 fully saturated rings. The molecule has 0 amide bonds. The number of allylic oxidation sites excluding steroid dienone is 6. The van der Waals surface area contributed by atoms with Crippen molar-refractivity contribution in [3.05, 3.63) is 90.6 Å². The fourth-order valence-electron chi connectivity index (χ4n) is 1.95. The molecule has 0 saturated heterocycles. The number of benzene rings is 1. The first kappa shape index (κ1) is 14.1. The normalized spacial score (nSPS) is 14.7. The van der Waals surface area contributed by atoms with Gasteiger partial charge in [-0.2, -0.15) is 0 Å². The first-order valence-corrected chi connectivity index (χ1v) is 6.62. The molecular formula is C18H18FN. The van der Waals surface area contributed by atoms with Gasteiger partial charge in [-0.05, 0) is 54.3 Å². The van der Waals surface area contributed by atoms with Crippen molar-refractivity contribution in [2.45, 2.75) is 12.8 Å². The number of rotatable bonds is 5. The maximum Gasteiger partial charge on any atom is 0.123 e. The Balaban J connectivity index is 2.11. The predicted molar refractivity (Wildman–Crippen MR) is 83.3 cm³/mol. The standard InChI is InChI=1S/C18H18FN/c1-3-17(20-18-7-5-4-6-8-18)13-14(2)15-9-11-16(19)12-10-15/h3,5,7-13,20H,1-2,4,6H2/b17-13+. The van der Waals surface area contributed by atoms with Crippen molar-refractivity contribution in [2.24, 2.45) is 0 Å². The van der Waals surface area contributed by atoms with Gasteiger partial charge in [0.25, 0.3) is 0 Å². The number of halogens is 1. The molecule has 1 N–H and O–H groups in total. The molecule has 2 rings (SSSR count). The Labute approximate surface area is 119 Å². The fraction of sp³-hybridized carbons (Fsp3) is 0.111. The van der Waals surface area contributed by atoms with Crippen molar-refractivity contribution in [1.82, 2.24) is 5.32 Å². The molecular weight excluding hydrogens is 249 g/mol. The van der Waals surface area contributed by atoms with E-state index < -0.39 is 0 Å². The molecule has 1 aliphatic rings. The monoisotopic (exact) mass is 267 g/mol. The molecule has 0 spiro atoms. The minimum Gasteiger partial charge on any atom is -0.356 e. The zero-order valence-corrected chi connectivity index (χ0v) is 11.4. The summed E-state index contributed by atoms with van der Waals surface area (Å²) in [5, 5.41) is 3.30. The molecule has 0 atom stereocenters. The Bertz CT molecular complexity index is 588. The Morgan fingerprint density at radius 1 is 1.20 bits per heavy atom. The lowest BCUT2D eigenvalue weighted by atomic mass is 10.1. The SMILES string of the molecule is C=C/C(=C\C(=C)c1ccc(F)cc1)NC1=CCCC=C1. The van der Waals surface area contributed by atoms with Gasteiger partial charge < -0.3 is 5.32 Å². The van der Waals surface area contributed by atoms with E-state index in [1.807, 2.05) is 6.08 Å². The van der Waals surface area contributed by atoms with Gasteiger partial charge in [-0.3, -0.25) is 0 Å². The molecule has 0 aromatic heterocycles. The lowest BCUT2D eigenvalue weighted by molar-refractivity contribution is 0.627. The fourth-order valence-corrected chi connectivity index (χ4v) is 1.95. The van der Waals surface area contributed by atoms with Crippen molar-refractivity contribution >= 4 is 5.57 Å². The van der Waals surface area contributed by atoms with Crippen LogP contribution in [0.3, 0.4) is 0 Å². The molecule has 1 aromatic rings. The van der Waals surface area contributed by atoms with Crippen LogP contribution in [0.5, 0.6) is 0 Å². The summed E-state index contributed by atoms with van der Waals surface area (Å²) < 4.78 is 12.9. The van der Waals surface area contributed by atoms with Crippen LogP contribution in [-0.4, -0.2) is 0 Å². The quantitative estimate of drug-likeness (QED) is 0.760. The minimum absolute atomic E-state index is 0.245. The summed E-state index contributed by atoms with van der Waals surface area (Å²) in [6.07, 6.45) is 12.1. The second-order valence-corrected chi connectivity index (χ2v) is 4.60. The van der Waals surface area contributed by atoms with Crippen LogP contribution in [0.4, 0.5) is 4.39 Å². The van der Waals surface area contributed by atoms with Crippen LogP contribution in [0.15, 0.2) is 79.2 Å². The topological polar surface area (TPSA) is 12.0 Å². The third-order valence-corrected chi connectivity index (χ3v) is 3.05. The van der Waals surface area contributed by atoms with Crippen LogP contribution >= 0.6 is 0 Å². The highest BCUT2D eigenvalue weighted by Gasteiger charge is 2.01. The molecule has 1 aromatic carbocycles. The maximum atomic E-state index is 12.9. The lowest BCUT2D eigenvalue weighted by Crippen LogP contribution is -2.11. The average Bonchev–Trinajstić information content (AvgIpc) is 2.48. The summed E-state index contributed by atoms with van der Waals surface area (Å²) in [5.41, 5.74) is 3.64. The predicted octanol–water partition coefficient (Wildman–Crippen LogP) is 4.73. The van der Waals surface area contributed by atoms with Gasteiger partial charge in [-0.25, -0.2) is 4.39 Å². The van der Waals surface area contributed by atoms with E-state index in [2.05, 4.69) is 36.7 Å². The van der Waals surface area contributed by atoms with Crippen LogP contribution < -0.4 is 5.32 Å². The van der Waals surface area contributed by atoms with E-state index in [4.69, 9.17) is 0 Å². The zero-order valence-electron chi connectivity index (χ0n) is 11.4. The van der Waals surface area contributed by atoms with E-state index in [-0.39, 0.29) is 5.82 Å². The van der Waals surface area contributed by atoms with Crippen molar-refractivity contribution < 1.29 is 4.39 Å². The van der Waals surface area contributed by atoms with E-state index in [1.165, 1.54) is 12.1 Å². The van der Waals surface area contributed by atoms with Gasteiger partial charge >= 0.3 is 0 Å². The van der Waals surface area contributed by atoms with Crippen molar-refractivity contribution in [3.8, 4) is 0 Å². The largest absolute Gasteiger partial charge is 0.356 e. The Kier molecular flexibility index (Phi) is 4.72. The van der Waals surface area contributed by atoms with Gasteiger partial charge in [0.1, 0.15) is 5.82 Å². The third-order valence-electron chi connectivity index (χ3n) is 3.05. The van der Waals surface area contributed by atoms with Gasteiger partial charge in [0, 0.05) is 11.4 Å². The van der Waals surface area contributed by atoms with Crippen molar-refractivity contribution in [3.63, 3.8) is 0 Å². The van der Waals surface area contributed by atoms with Crippen LogP contribution in [0, 0.1) is 5.82 Å². The van der Waals surface area contributed by atoms with Crippen LogP contribution in [0.1, 0.15) is 18.4 Å². The third kappa shape index (κ3) is 3.82. The van der Waals surface area contributed by atoms with Gasteiger partial charge in [0.2, 0.25) is 0 Å². The molecule has 0 unspecified atom stereocenters. The van der Waals surface area contributed by atoms with Gasteiger partial charge in [0.05, 0.1) is 0 Å². The summed E-state index contributed by atoms with van der Waals surface area (Å²) >= 11 is 0. The van der Waals surface area contributed by atoms with Crippen LogP contribution in [-0.2, 0) is 0 Å². The van der Waals surface area contributed by atoms with E-state index in [1.54, 1.807) is 18.2 Å². The van der Waals surface area contributed by atoms with Crippen molar-refractivity contribution in [1.29, 1.82) is 0 Å². The first-order chi connectivity index (χ1) is 9.69. The van der Waals surface area contributed by atoms with Gasteiger partial charge in [-0.1, -0.05) is 37.4 Å². The molecule has 0 saturated carbocycles. The Morgan fingerprint density at radius 2 is 1.95 bits per heavy atom. The average molecular weight is 267 g/mol. The smallest absolute Gasteiger partial charge is 0.123 e. The highest BCUT2D eigenvalue weighted by atomic mass is 19.1. The van der Waals surface area contributed by atoms with E-state index in [9.17, 15) is 4.39 Å². The summed E-state index contributed by atoms with van der Waals surface area (Å²) in [4.78, 5) is 0. The van der Waals surface area contributed by atoms with E-state index in [0.29, 0.717) is 0 Å². The molecule has 0 aliphatic heterocycles. The number of hydrogen-bond acceptors (Lipinski definition) is 1. The highest BCUT2D eigenvalue weighted by Crippen LogP contribution is 2.17.